The van der Waals surface area contributed by atoms with Crippen LogP contribution in [0.4, 0.5) is 5.69 Å². The number of methoxy groups -OCH3 is 2. The van der Waals surface area contributed by atoms with Gasteiger partial charge in [-0.1, -0.05) is 30.4 Å². The van der Waals surface area contributed by atoms with Crippen LogP contribution in [-0.2, 0) is 9.59 Å². The van der Waals surface area contributed by atoms with Gasteiger partial charge in [-0.2, -0.15) is 0 Å². The molecule has 1 aliphatic rings. The summed E-state index contributed by atoms with van der Waals surface area (Å²) in [5, 5.41) is 13.0. The Labute approximate surface area is 220 Å². The Balaban J connectivity index is 1.46. The van der Waals surface area contributed by atoms with Crippen LogP contribution in [0, 0.1) is 0 Å². The minimum absolute atomic E-state index is 0.0486. The molecule has 1 saturated heterocycles. The molecule has 2 amide bonds. The minimum Gasteiger partial charge on any atom is -0.502 e. The lowest BCUT2D eigenvalue weighted by molar-refractivity contribution is -0.122. The average Bonchev–Trinajstić information content (AvgIpc) is 3.13. The first kappa shape index (κ1) is 27.3. The van der Waals surface area contributed by atoms with Crippen molar-refractivity contribution in [1.82, 2.24) is 4.90 Å². The van der Waals surface area contributed by atoms with Crippen molar-refractivity contribution in [2.75, 3.05) is 32.7 Å². The molecule has 0 unspecified atom stereocenters. The number of rotatable bonds is 12. The van der Waals surface area contributed by atoms with E-state index in [-0.39, 0.29) is 29.1 Å². The summed E-state index contributed by atoms with van der Waals surface area (Å²) >= 11 is 6.65. The molecule has 0 saturated carbocycles. The topological polar surface area (TPSA) is 97.3 Å². The van der Waals surface area contributed by atoms with E-state index < -0.39 is 0 Å². The fraction of sp³-hybridized carbons (Fsp3) is 0.346. The van der Waals surface area contributed by atoms with E-state index >= 15 is 0 Å². The van der Waals surface area contributed by atoms with Gasteiger partial charge >= 0.3 is 0 Å². The Morgan fingerprint density at radius 1 is 1.11 bits per heavy atom. The summed E-state index contributed by atoms with van der Waals surface area (Å²) in [6, 6.07) is 10.5. The predicted octanol–water partition coefficient (Wildman–Crippen LogP) is 5.21. The van der Waals surface area contributed by atoms with E-state index in [1.165, 1.54) is 26.0 Å². The van der Waals surface area contributed by atoms with Crippen LogP contribution in [0.15, 0.2) is 41.3 Å². The van der Waals surface area contributed by atoms with E-state index in [0.29, 0.717) is 40.8 Å². The molecule has 1 aliphatic heterocycles. The third kappa shape index (κ3) is 7.14. The van der Waals surface area contributed by atoms with Crippen molar-refractivity contribution >= 4 is 51.9 Å². The maximum Gasteiger partial charge on any atom is 0.266 e. The number of hydrogen-bond donors (Lipinski definition) is 2. The molecule has 36 heavy (non-hydrogen) atoms. The van der Waals surface area contributed by atoms with Crippen molar-refractivity contribution in [3.63, 3.8) is 0 Å². The van der Waals surface area contributed by atoms with Crippen molar-refractivity contribution in [2.24, 2.45) is 0 Å². The van der Waals surface area contributed by atoms with Crippen LogP contribution in [0.3, 0.4) is 0 Å². The molecule has 0 radical (unpaired) electrons. The quantitative estimate of drug-likeness (QED) is 0.219. The van der Waals surface area contributed by atoms with Crippen molar-refractivity contribution in [1.29, 1.82) is 0 Å². The van der Waals surface area contributed by atoms with Crippen LogP contribution in [0.25, 0.3) is 6.08 Å². The van der Waals surface area contributed by atoms with Gasteiger partial charge < -0.3 is 24.6 Å². The lowest BCUT2D eigenvalue weighted by Gasteiger charge is -2.14. The Bertz CT molecular complexity index is 1110. The minimum atomic E-state index is -0.163. The third-order valence-corrected chi connectivity index (χ3v) is 6.79. The molecule has 0 aromatic heterocycles. The normalized spacial score (nSPS) is 14.3. The number of phenols is 1. The molecule has 0 atom stereocenters. The lowest BCUT2D eigenvalue weighted by Crippen LogP contribution is -2.29. The maximum atomic E-state index is 12.9. The number of hydrogen-bond acceptors (Lipinski definition) is 8. The predicted molar refractivity (Wildman–Crippen MR) is 146 cm³/mol. The van der Waals surface area contributed by atoms with Gasteiger partial charge in [0.15, 0.2) is 11.5 Å². The molecule has 0 aliphatic carbocycles. The van der Waals surface area contributed by atoms with E-state index in [1.807, 2.05) is 31.2 Å². The molecule has 3 rings (SSSR count). The fourth-order valence-electron chi connectivity index (χ4n) is 3.60. The van der Waals surface area contributed by atoms with Crippen LogP contribution >= 0.6 is 24.0 Å². The van der Waals surface area contributed by atoms with Gasteiger partial charge in [-0.15, -0.1) is 0 Å². The number of unbranched alkanes of at least 4 members (excludes halogenated alkanes) is 2. The van der Waals surface area contributed by atoms with E-state index in [1.54, 1.807) is 23.1 Å². The summed E-state index contributed by atoms with van der Waals surface area (Å²) in [5.74, 6) is 0.961. The van der Waals surface area contributed by atoms with Crippen molar-refractivity contribution in [3.8, 4) is 23.0 Å². The van der Waals surface area contributed by atoms with Gasteiger partial charge in [0, 0.05) is 18.7 Å². The van der Waals surface area contributed by atoms with Crippen LogP contribution < -0.4 is 19.5 Å². The smallest absolute Gasteiger partial charge is 0.266 e. The lowest BCUT2D eigenvalue weighted by atomic mass is 10.1. The van der Waals surface area contributed by atoms with Gasteiger partial charge in [0.25, 0.3) is 5.91 Å². The Hall–Kier alpha value is -3.24. The molecule has 2 aromatic carbocycles. The summed E-state index contributed by atoms with van der Waals surface area (Å²) in [7, 11) is 2.89. The second kappa shape index (κ2) is 13.2. The zero-order chi connectivity index (χ0) is 26.1. The SMILES string of the molecule is CCOc1ccc(NC(=O)CCCCCN2C(=O)/C(=C/c3cc(OC)c(O)c(OC)c3)SC2=S)cc1. The van der Waals surface area contributed by atoms with Crippen molar-refractivity contribution < 1.29 is 28.9 Å². The van der Waals surface area contributed by atoms with E-state index in [4.69, 9.17) is 26.4 Å². The average molecular weight is 531 g/mol. The third-order valence-electron chi connectivity index (χ3n) is 5.41. The molecule has 2 N–H and O–H groups in total. The molecule has 192 valence electrons. The number of amides is 2. The van der Waals surface area contributed by atoms with Crippen LogP contribution in [0.2, 0.25) is 0 Å². The summed E-state index contributed by atoms with van der Waals surface area (Å²) in [6.45, 7) is 3.01. The summed E-state index contributed by atoms with van der Waals surface area (Å²) in [6.07, 6.45) is 4.34. The number of carbonyl (C=O) groups is 2. The molecular weight excluding hydrogens is 500 g/mol. The number of phenolic OH excluding ortho intramolecular Hbond substituents is 1. The zero-order valence-corrected chi connectivity index (χ0v) is 22.2. The highest BCUT2D eigenvalue weighted by molar-refractivity contribution is 8.26. The zero-order valence-electron chi connectivity index (χ0n) is 20.5. The van der Waals surface area contributed by atoms with E-state index in [0.717, 1.165) is 24.3 Å². The number of thioether (sulfide) groups is 1. The summed E-state index contributed by atoms with van der Waals surface area (Å²) in [4.78, 5) is 27.2. The number of nitrogens with one attached hydrogen (secondary N) is 1. The van der Waals surface area contributed by atoms with Gasteiger partial charge in [-0.25, -0.2) is 0 Å². The second-order valence-corrected chi connectivity index (χ2v) is 9.60. The Morgan fingerprint density at radius 3 is 2.39 bits per heavy atom. The fourth-order valence-corrected chi connectivity index (χ4v) is 4.91. The Kier molecular flexibility index (Phi) is 10.0. The molecule has 1 fully saturated rings. The van der Waals surface area contributed by atoms with Crippen molar-refractivity contribution in [2.45, 2.75) is 32.6 Å². The number of aromatic hydroxyl groups is 1. The maximum absolute atomic E-state index is 12.9. The van der Waals surface area contributed by atoms with Crippen molar-refractivity contribution in [3.05, 3.63) is 46.9 Å². The number of carbonyl (C=O) groups excluding carboxylic acids is 2. The number of ether oxygens (including phenoxy) is 3. The van der Waals surface area contributed by atoms with Gasteiger partial charge in [-0.3, -0.25) is 14.5 Å². The first-order valence-corrected chi connectivity index (χ1v) is 12.8. The van der Waals surface area contributed by atoms with Crippen LogP contribution in [0.5, 0.6) is 23.0 Å². The molecule has 2 aromatic rings. The number of thiocarbonyl (C=S) groups is 1. The van der Waals surface area contributed by atoms with Gasteiger partial charge in [-0.05, 0) is 67.8 Å². The number of benzene rings is 2. The molecule has 10 heteroatoms. The Morgan fingerprint density at radius 2 is 1.78 bits per heavy atom. The largest absolute Gasteiger partial charge is 0.502 e. The highest BCUT2D eigenvalue weighted by Gasteiger charge is 2.31. The number of nitrogens with zero attached hydrogens (tertiary/aromatic N) is 1. The standard InChI is InChI=1S/C26H30N2O6S2/c1-4-34-19-11-9-18(10-12-19)27-23(29)8-6-5-7-13-28-25(31)22(36-26(28)35)16-17-14-20(32-2)24(30)21(15-17)33-3/h9-12,14-16,30H,4-8,13H2,1-3H3,(H,27,29)/b22-16-. The highest BCUT2D eigenvalue weighted by Crippen LogP contribution is 2.39. The molecular formula is C26H30N2O6S2. The van der Waals surface area contributed by atoms with Gasteiger partial charge in [0.05, 0.1) is 25.7 Å². The monoisotopic (exact) mass is 530 g/mol. The highest BCUT2D eigenvalue weighted by atomic mass is 32.2. The van der Waals surface area contributed by atoms with Gasteiger partial charge in [0.1, 0.15) is 10.1 Å². The molecule has 0 bridgehead atoms. The molecule has 8 nitrogen and oxygen atoms in total. The second-order valence-electron chi connectivity index (χ2n) is 7.92. The molecule has 1 heterocycles. The number of anilines is 1. The summed E-state index contributed by atoms with van der Waals surface area (Å²) < 4.78 is 16.3. The molecule has 0 spiro atoms. The van der Waals surface area contributed by atoms with E-state index in [2.05, 4.69) is 5.32 Å². The van der Waals surface area contributed by atoms with Gasteiger partial charge in [0.2, 0.25) is 11.7 Å². The summed E-state index contributed by atoms with van der Waals surface area (Å²) in [5.41, 5.74) is 1.39. The first-order chi connectivity index (χ1) is 17.4. The van der Waals surface area contributed by atoms with Crippen LogP contribution in [-0.4, -0.2) is 53.5 Å². The van der Waals surface area contributed by atoms with E-state index in [9.17, 15) is 14.7 Å². The first-order valence-electron chi connectivity index (χ1n) is 11.6. The van der Waals surface area contributed by atoms with Crippen LogP contribution in [0.1, 0.15) is 38.2 Å².